The first kappa shape index (κ1) is 9.22. The van der Waals surface area contributed by atoms with E-state index >= 15 is 0 Å². The summed E-state index contributed by atoms with van der Waals surface area (Å²) in [5.41, 5.74) is 1.26. The lowest BCUT2D eigenvalue weighted by Crippen LogP contribution is -2.66. The Morgan fingerprint density at radius 3 is 2.40 bits per heavy atom. The van der Waals surface area contributed by atoms with Crippen molar-refractivity contribution in [3.8, 4) is 0 Å². The van der Waals surface area contributed by atoms with Crippen molar-refractivity contribution < 1.29 is 0 Å². The monoisotopic (exact) mass is 202 g/mol. The van der Waals surface area contributed by atoms with E-state index in [4.69, 9.17) is 0 Å². The highest BCUT2D eigenvalue weighted by Crippen LogP contribution is 2.35. The maximum atomic E-state index is 3.62. The van der Waals surface area contributed by atoms with Crippen molar-refractivity contribution in [3.05, 3.63) is 30.3 Å². The second-order valence-corrected chi connectivity index (χ2v) is 4.92. The third kappa shape index (κ3) is 1.63. The predicted octanol–water partition coefficient (Wildman–Crippen LogP) is 2.24. The predicted molar refractivity (Wildman–Crippen MR) is 63.0 cm³/mol. The van der Waals surface area contributed by atoms with Gasteiger partial charge in [0.25, 0.3) is 0 Å². The summed E-state index contributed by atoms with van der Waals surface area (Å²) in [7, 11) is 0. The molecule has 2 bridgehead atoms. The first-order chi connectivity index (χ1) is 7.33. The molecule has 0 radical (unpaired) electrons. The largest absolute Gasteiger partial charge is 0.382 e. The maximum absolute atomic E-state index is 3.62. The fourth-order valence-electron chi connectivity index (χ4n) is 2.90. The molecule has 0 spiro atoms. The summed E-state index contributed by atoms with van der Waals surface area (Å²) in [4.78, 5) is 0. The Labute approximate surface area is 91.1 Å². The van der Waals surface area contributed by atoms with Crippen molar-refractivity contribution in [2.24, 2.45) is 5.92 Å². The molecular formula is C13H18N2. The van der Waals surface area contributed by atoms with Crippen LogP contribution in [0.15, 0.2) is 30.3 Å². The van der Waals surface area contributed by atoms with E-state index in [9.17, 15) is 0 Å². The highest BCUT2D eigenvalue weighted by molar-refractivity contribution is 5.43. The van der Waals surface area contributed by atoms with Gasteiger partial charge in [-0.1, -0.05) is 25.1 Å². The number of rotatable bonds is 2. The minimum Gasteiger partial charge on any atom is -0.382 e. The molecule has 1 aromatic carbocycles. The molecule has 4 rings (SSSR count). The zero-order valence-corrected chi connectivity index (χ0v) is 9.11. The number of hydrogen-bond donors (Lipinski definition) is 2. The van der Waals surface area contributed by atoms with Crippen LogP contribution in [0.25, 0.3) is 0 Å². The van der Waals surface area contributed by atoms with Crippen LogP contribution in [0.5, 0.6) is 0 Å². The lowest BCUT2D eigenvalue weighted by atomic mass is 9.71. The van der Waals surface area contributed by atoms with Gasteiger partial charge in [0.2, 0.25) is 0 Å². The van der Waals surface area contributed by atoms with Crippen LogP contribution in [0.3, 0.4) is 0 Å². The minimum atomic E-state index is 0.667. The zero-order chi connectivity index (χ0) is 10.3. The molecule has 2 atom stereocenters. The number of benzene rings is 1. The molecule has 1 aromatic rings. The molecule has 2 heteroatoms. The average Bonchev–Trinajstić information content (AvgIpc) is 2.30. The van der Waals surface area contributed by atoms with Crippen molar-refractivity contribution in [1.29, 1.82) is 0 Å². The van der Waals surface area contributed by atoms with Crippen molar-refractivity contribution in [2.45, 2.75) is 37.9 Å². The molecule has 15 heavy (non-hydrogen) atoms. The minimum absolute atomic E-state index is 0.667. The number of nitrogens with one attached hydrogen (secondary N) is 2. The average molecular weight is 202 g/mol. The standard InChI is InChI=1S/C13H18N2/c1-9-12-7-11(8-13(9)15-12)14-10-5-3-2-4-6-10/h2-6,9,11-15H,7-8H2,1H3. The van der Waals surface area contributed by atoms with Gasteiger partial charge in [-0.2, -0.15) is 0 Å². The van der Waals surface area contributed by atoms with Crippen LogP contribution in [-0.4, -0.2) is 18.1 Å². The van der Waals surface area contributed by atoms with Gasteiger partial charge >= 0.3 is 0 Å². The van der Waals surface area contributed by atoms with Crippen molar-refractivity contribution in [2.75, 3.05) is 5.32 Å². The Morgan fingerprint density at radius 1 is 1.13 bits per heavy atom. The molecule has 0 amide bonds. The number of hydrogen-bond acceptors (Lipinski definition) is 2. The third-order valence-corrected chi connectivity index (χ3v) is 3.92. The van der Waals surface area contributed by atoms with Crippen LogP contribution in [0.2, 0.25) is 0 Å². The number of piperidine rings is 1. The number of anilines is 1. The molecule has 1 aliphatic carbocycles. The van der Waals surface area contributed by atoms with Crippen LogP contribution >= 0.6 is 0 Å². The van der Waals surface area contributed by atoms with E-state index in [2.05, 4.69) is 47.9 Å². The summed E-state index contributed by atoms with van der Waals surface area (Å²) in [6.07, 6.45) is 2.54. The van der Waals surface area contributed by atoms with E-state index in [-0.39, 0.29) is 0 Å². The van der Waals surface area contributed by atoms with E-state index in [1.54, 1.807) is 0 Å². The third-order valence-electron chi connectivity index (χ3n) is 3.92. The number of fused-ring (bicyclic) bond motifs is 2. The van der Waals surface area contributed by atoms with Crippen LogP contribution < -0.4 is 10.6 Å². The van der Waals surface area contributed by atoms with Gasteiger partial charge in [-0.3, -0.25) is 0 Å². The molecule has 2 N–H and O–H groups in total. The van der Waals surface area contributed by atoms with Crippen LogP contribution in [0.4, 0.5) is 5.69 Å². The highest BCUT2D eigenvalue weighted by Gasteiger charge is 2.43. The van der Waals surface area contributed by atoms with Gasteiger partial charge in [0.1, 0.15) is 0 Å². The molecule has 2 aliphatic heterocycles. The van der Waals surface area contributed by atoms with Crippen molar-refractivity contribution in [3.63, 3.8) is 0 Å². The Bertz CT molecular complexity index is 324. The summed E-state index contributed by atoms with van der Waals surface area (Å²) >= 11 is 0. The fraction of sp³-hybridized carbons (Fsp3) is 0.538. The summed E-state index contributed by atoms with van der Waals surface area (Å²) < 4.78 is 0. The Balaban J connectivity index is 1.62. The van der Waals surface area contributed by atoms with Gasteiger partial charge in [-0.15, -0.1) is 0 Å². The van der Waals surface area contributed by atoms with Gasteiger partial charge in [-0.25, -0.2) is 0 Å². The normalized spacial score (nSPS) is 38.2. The molecule has 2 heterocycles. The second-order valence-electron chi connectivity index (χ2n) is 4.92. The molecule has 3 fully saturated rings. The molecule has 0 aromatic heterocycles. The van der Waals surface area contributed by atoms with Gasteiger partial charge in [0.05, 0.1) is 0 Å². The Morgan fingerprint density at radius 2 is 1.80 bits per heavy atom. The van der Waals surface area contributed by atoms with E-state index < -0.39 is 0 Å². The van der Waals surface area contributed by atoms with E-state index in [1.807, 2.05) is 0 Å². The van der Waals surface area contributed by atoms with E-state index in [0.29, 0.717) is 6.04 Å². The Kier molecular flexibility index (Phi) is 2.17. The van der Waals surface area contributed by atoms with E-state index in [0.717, 1.165) is 18.0 Å². The zero-order valence-electron chi connectivity index (χ0n) is 9.11. The smallest absolute Gasteiger partial charge is 0.0342 e. The fourth-order valence-corrected chi connectivity index (χ4v) is 2.90. The van der Waals surface area contributed by atoms with E-state index in [1.165, 1.54) is 18.5 Å². The molecule has 80 valence electrons. The van der Waals surface area contributed by atoms with Crippen LogP contribution in [-0.2, 0) is 0 Å². The van der Waals surface area contributed by atoms with Crippen LogP contribution in [0.1, 0.15) is 19.8 Å². The van der Waals surface area contributed by atoms with Gasteiger partial charge in [-0.05, 0) is 30.9 Å². The Hall–Kier alpha value is -1.02. The molecule has 2 unspecified atom stereocenters. The van der Waals surface area contributed by atoms with Gasteiger partial charge in [0.15, 0.2) is 0 Å². The number of para-hydroxylation sites is 1. The van der Waals surface area contributed by atoms with Crippen LogP contribution in [0, 0.1) is 5.92 Å². The topological polar surface area (TPSA) is 24.1 Å². The van der Waals surface area contributed by atoms with Gasteiger partial charge < -0.3 is 10.6 Å². The molecule has 3 aliphatic rings. The summed E-state index contributed by atoms with van der Waals surface area (Å²) in [5, 5.41) is 7.23. The maximum Gasteiger partial charge on any atom is 0.0342 e. The summed E-state index contributed by atoms with van der Waals surface area (Å²) in [5.74, 6) is 0.888. The summed E-state index contributed by atoms with van der Waals surface area (Å²) in [6, 6.07) is 12.7. The summed E-state index contributed by atoms with van der Waals surface area (Å²) in [6.45, 7) is 2.37. The molecular weight excluding hydrogens is 184 g/mol. The molecule has 2 saturated heterocycles. The highest BCUT2D eigenvalue weighted by atomic mass is 15.1. The lowest BCUT2D eigenvalue weighted by molar-refractivity contribution is 0.0876. The SMILES string of the molecule is CC1C2CC(Nc3ccccc3)CC1N2. The quantitative estimate of drug-likeness (QED) is 0.768. The second kappa shape index (κ2) is 3.53. The molecule has 2 nitrogen and oxygen atoms in total. The first-order valence-electron chi connectivity index (χ1n) is 5.90. The first-order valence-corrected chi connectivity index (χ1v) is 5.90. The van der Waals surface area contributed by atoms with Crippen molar-refractivity contribution >= 4 is 5.69 Å². The van der Waals surface area contributed by atoms with Gasteiger partial charge in [0, 0.05) is 23.8 Å². The molecule has 1 saturated carbocycles. The lowest BCUT2D eigenvalue weighted by Gasteiger charge is -2.52. The van der Waals surface area contributed by atoms with Crippen molar-refractivity contribution in [1.82, 2.24) is 5.32 Å².